The summed E-state index contributed by atoms with van der Waals surface area (Å²) in [6.07, 6.45) is 2.93. The number of rotatable bonds is 5. The lowest BCUT2D eigenvalue weighted by Gasteiger charge is -2.07. The highest BCUT2D eigenvalue weighted by Gasteiger charge is 2.14. The van der Waals surface area contributed by atoms with Crippen LogP contribution in [0, 0.1) is 5.92 Å². The van der Waals surface area contributed by atoms with Crippen molar-refractivity contribution >= 4 is 49.0 Å². The van der Waals surface area contributed by atoms with Gasteiger partial charge in [-0.1, -0.05) is 26.7 Å². The maximum atomic E-state index is 11.9. The van der Waals surface area contributed by atoms with Crippen LogP contribution in [0.5, 0.6) is 0 Å². The van der Waals surface area contributed by atoms with E-state index in [4.69, 9.17) is 0 Å². The lowest BCUT2D eigenvalue weighted by atomic mass is 9.99. The Hall–Kier alpha value is 0.330. The first-order valence-corrected chi connectivity index (χ1v) is 7.42. The molecular formula is C11H14Br2OS. The van der Waals surface area contributed by atoms with Crippen LogP contribution in [-0.4, -0.2) is 5.78 Å². The molecule has 1 unspecified atom stereocenters. The molecule has 15 heavy (non-hydrogen) atoms. The monoisotopic (exact) mass is 352 g/mol. The second-order valence-electron chi connectivity index (χ2n) is 3.75. The minimum atomic E-state index is 0.257. The van der Waals surface area contributed by atoms with E-state index in [0.717, 1.165) is 26.0 Å². The zero-order valence-electron chi connectivity index (χ0n) is 8.85. The summed E-state index contributed by atoms with van der Waals surface area (Å²) in [4.78, 5) is 12.7. The first kappa shape index (κ1) is 13.4. The molecule has 0 spiro atoms. The minimum absolute atomic E-state index is 0.257. The van der Waals surface area contributed by atoms with Crippen LogP contribution in [0.4, 0.5) is 0 Å². The molecule has 0 aliphatic rings. The van der Waals surface area contributed by atoms with Crippen molar-refractivity contribution in [3.05, 3.63) is 19.2 Å². The van der Waals surface area contributed by atoms with Crippen molar-refractivity contribution in [2.75, 3.05) is 0 Å². The Bertz CT molecular complexity index is 327. The Labute approximate surface area is 112 Å². The average molecular weight is 354 g/mol. The molecule has 0 N–H and O–H groups in total. The Morgan fingerprint density at radius 3 is 2.67 bits per heavy atom. The van der Waals surface area contributed by atoms with E-state index < -0.39 is 0 Å². The van der Waals surface area contributed by atoms with Crippen molar-refractivity contribution in [1.82, 2.24) is 0 Å². The normalized spacial score (nSPS) is 12.8. The van der Waals surface area contributed by atoms with Crippen LogP contribution in [0.3, 0.4) is 0 Å². The average Bonchev–Trinajstić information content (AvgIpc) is 2.47. The van der Waals surface area contributed by atoms with E-state index in [1.165, 1.54) is 11.3 Å². The smallest absolute Gasteiger partial charge is 0.173 e. The lowest BCUT2D eigenvalue weighted by Crippen LogP contribution is -2.04. The molecule has 0 aliphatic heterocycles. The van der Waals surface area contributed by atoms with Gasteiger partial charge in [0, 0.05) is 10.9 Å². The van der Waals surface area contributed by atoms with Gasteiger partial charge in [-0.3, -0.25) is 4.79 Å². The molecule has 0 aliphatic carbocycles. The third kappa shape index (κ3) is 4.00. The van der Waals surface area contributed by atoms with Crippen LogP contribution in [0.15, 0.2) is 14.3 Å². The van der Waals surface area contributed by atoms with Crippen molar-refractivity contribution in [1.29, 1.82) is 0 Å². The molecule has 4 heteroatoms. The van der Waals surface area contributed by atoms with Crippen LogP contribution in [0.25, 0.3) is 0 Å². The molecule has 0 radical (unpaired) electrons. The molecule has 0 saturated heterocycles. The van der Waals surface area contributed by atoms with Gasteiger partial charge in [-0.05, 0) is 43.8 Å². The molecule has 84 valence electrons. The van der Waals surface area contributed by atoms with Crippen molar-refractivity contribution in [2.24, 2.45) is 5.92 Å². The van der Waals surface area contributed by atoms with Gasteiger partial charge >= 0.3 is 0 Å². The molecule has 0 saturated carbocycles. The van der Waals surface area contributed by atoms with Crippen molar-refractivity contribution in [3.8, 4) is 0 Å². The fourth-order valence-corrected chi connectivity index (χ4v) is 3.48. The van der Waals surface area contributed by atoms with E-state index >= 15 is 0 Å². The minimum Gasteiger partial charge on any atom is -0.293 e. The third-order valence-electron chi connectivity index (χ3n) is 2.24. The summed E-state index contributed by atoms with van der Waals surface area (Å²) in [5.74, 6) is 0.745. The molecule has 1 atom stereocenters. The quantitative estimate of drug-likeness (QED) is 0.658. The second-order valence-corrected chi connectivity index (χ2v) is 6.98. The van der Waals surface area contributed by atoms with Crippen LogP contribution in [-0.2, 0) is 0 Å². The van der Waals surface area contributed by atoms with Gasteiger partial charge in [-0.15, -0.1) is 11.3 Å². The van der Waals surface area contributed by atoms with E-state index in [9.17, 15) is 4.79 Å². The van der Waals surface area contributed by atoms with Crippen LogP contribution >= 0.6 is 43.2 Å². The molecule has 1 nitrogen and oxygen atoms in total. The van der Waals surface area contributed by atoms with Gasteiger partial charge in [0.25, 0.3) is 0 Å². The van der Waals surface area contributed by atoms with E-state index in [1.54, 1.807) is 0 Å². The molecule has 1 aromatic rings. The van der Waals surface area contributed by atoms with Gasteiger partial charge in [0.05, 0.1) is 8.66 Å². The molecular weight excluding hydrogens is 340 g/mol. The molecule has 0 amide bonds. The summed E-state index contributed by atoms with van der Waals surface area (Å²) in [6.45, 7) is 4.29. The van der Waals surface area contributed by atoms with E-state index in [0.29, 0.717) is 12.3 Å². The van der Waals surface area contributed by atoms with Crippen molar-refractivity contribution in [3.63, 3.8) is 0 Å². The van der Waals surface area contributed by atoms with E-state index in [2.05, 4.69) is 45.7 Å². The number of halogens is 2. The fourth-order valence-electron chi connectivity index (χ4n) is 1.50. The number of ketones is 1. The summed E-state index contributed by atoms with van der Waals surface area (Å²) in [7, 11) is 0. The maximum absolute atomic E-state index is 11.9. The number of hydrogen-bond acceptors (Lipinski definition) is 2. The van der Waals surface area contributed by atoms with Crippen molar-refractivity contribution < 1.29 is 4.79 Å². The van der Waals surface area contributed by atoms with Gasteiger partial charge in [-0.2, -0.15) is 0 Å². The molecule has 1 aromatic heterocycles. The summed E-state index contributed by atoms with van der Waals surface area (Å²) in [6, 6.07) is 1.90. The Morgan fingerprint density at radius 1 is 1.53 bits per heavy atom. The highest BCUT2D eigenvalue weighted by molar-refractivity contribution is 9.13. The number of hydrogen-bond donors (Lipinski definition) is 0. The van der Waals surface area contributed by atoms with Crippen LogP contribution in [0.2, 0.25) is 0 Å². The summed E-state index contributed by atoms with van der Waals surface area (Å²) < 4.78 is 1.97. The Morgan fingerprint density at radius 2 is 2.20 bits per heavy atom. The molecule has 1 heterocycles. The predicted octanol–water partition coefficient (Wildman–Crippen LogP) is 5.28. The lowest BCUT2D eigenvalue weighted by molar-refractivity contribution is 0.0966. The molecule has 0 bridgehead atoms. The molecule has 1 rings (SSSR count). The second kappa shape index (κ2) is 6.16. The zero-order chi connectivity index (χ0) is 11.4. The van der Waals surface area contributed by atoms with Gasteiger partial charge in [0.15, 0.2) is 5.78 Å². The fraction of sp³-hybridized carbons (Fsp3) is 0.545. The van der Waals surface area contributed by atoms with Gasteiger partial charge in [0.1, 0.15) is 0 Å². The highest BCUT2D eigenvalue weighted by Crippen LogP contribution is 2.33. The number of Topliss-reactive ketones (excluding diaryl/α,β-unsaturated/α-hetero) is 1. The van der Waals surface area contributed by atoms with Gasteiger partial charge in [-0.25, -0.2) is 0 Å². The standard InChI is InChI=1S/C11H14Br2OS/c1-3-4-7(2)5-9(14)10-6-8(12)11(13)15-10/h6-7H,3-5H2,1-2H3. The molecule has 0 aromatic carbocycles. The highest BCUT2D eigenvalue weighted by atomic mass is 79.9. The zero-order valence-corrected chi connectivity index (χ0v) is 12.8. The van der Waals surface area contributed by atoms with E-state index in [-0.39, 0.29) is 5.78 Å². The first-order chi connectivity index (χ1) is 7.04. The van der Waals surface area contributed by atoms with Gasteiger partial charge in [0.2, 0.25) is 0 Å². The number of thiophene rings is 1. The topological polar surface area (TPSA) is 17.1 Å². The van der Waals surface area contributed by atoms with Crippen LogP contribution < -0.4 is 0 Å². The van der Waals surface area contributed by atoms with E-state index in [1.807, 2.05) is 6.07 Å². The van der Waals surface area contributed by atoms with Gasteiger partial charge < -0.3 is 0 Å². The third-order valence-corrected chi connectivity index (χ3v) is 5.53. The molecule has 0 fully saturated rings. The Kier molecular flexibility index (Phi) is 5.50. The SMILES string of the molecule is CCCC(C)CC(=O)c1cc(Br)c(Br)s1. The maximum Gasteiger partial charge on any atom is 0.173 e. The summed E-state index contributed by atoms with van der Waals surface area (Å²) in [5.41, 5.74) is 0. The summed E-state index contributed by atoms with van der Waals surface area (Å²) >= 11 is 8.30. The number of carbonyl (C=O) groups excluding carboxylic acids is 1. The first-order valence-electron chi connectivity index (χ1n) is 5.02. The van der Waals surface area contributed by atoms with Crippen LogP contribution in [0.1, 0.15) is 42.8 Å². The summed E-state index contributed by atoms with van der Waals surface area (Å²) in [5, 5.41) is 0. The van der Waals surface area contributed by atoms with Crippen molar-refractivity contribution in [2.45, 2.75) is 33.1 Å². The predicted molar refractivity (Wildman–Crippen MR) is 72.7 cm³/mol. The Balaban J connectivity index is 2.61. The number of carbonyl (C=O) groups is 1. The largest absolute Gasteiger partial charge is 0.293 e.